The van der Waals surface area contributed by atoms with Gasteiger partial charge in [0, 0.05) is 11.0 Å². The number of nitrogen functional groups attached to an aromatic ring is 1. The first-order valence-electron chi connectivity index (χ1n) is 30.4. The number of halogens is 3. The van der Waals surface area contributed by atoms with Crippen molar-refractivity contribution in [2.45, 2.75) is 147 Å². The largest absolute Gasteiger partial charge is 0.489 e. The molecule has 0 aliphatic carbocycles. The Balaban J connectivity index is 0.000000269. The lowest BCUT2D eigenvalue weighted by Crippen LogP contribution is -2.27. The van der Waals surface area contributed by atoms with Crippen LogP contribution >= 0.6 is 34.8 Å². The van der Waals surface area contributed by atoms with E-state index >= 15 is 0 Å². The van der Waals surface area contributed by atoms with E-state index in [-0.39, 0.29) is 116 Å². The van der Waals surface area contributed by atoms with Crippen molar-refractivity contribution in [3.8, 4) is 11.5 Å². The zero-order valence-electron chi connectivity index (χ0n) is 56.3. The fraction of sp³-hybridized carbons (Fsp3) is 0.439. The van der Waals surface area contributed by atoms with Crippen molar-refractivity contribution < 1.29 is 42.8 Å². The molecule has 7 N–H and O–H groups in total. The van der Waals surface area contributed by atoms with Crippen LogP contribution in [0.1, 0.15) is 139 Å². The third-order valence-corrected chi connectivity index (χ3v) is 16.8. The SMILES string of the molecule is C.CC(C)S(=O)(=O)c1ccccc1Nc1nc(Cl)ncc1Cl.[2H]c1c(C)c(C2CC([2H])([2H])NC([2H])([2H])C2)cc(OC([2H])(C)C)c1N.[2H]c1c(C)c(C2CC([2H])([2H])NC([2H])([2H])C2)cc(OC([2H])(C)C)c1Nc1ncc(Cl)c(Nc2ccccc2S(=O)(=O)C(C)C)n1. The molecule has 8 rings (SSSR count). The van der Waals surface area contributed by atoms with Crippen LogP contribution in [0.3, 0.4) is 0 Å². The van der Waals surface area contributed by atoms with Crippen LogP contribution in [0.15, 0.2) is 94.9 Å². The molecule has 2 aliphatic rings. The van der Waals surface area contributed by atoms with Gasteiger partial charge < -0.3 is 41.8 Å². The minimum Gasteiger partial charge on any atom is -0.489 e. The fourth-order valence-electron chi connectivity index (χ4n) is 7.72. The lowest BCUT2D eigenvalue weighted by molar-refractivity contribution is 0.243. The van der Waals surface area contributed by atoms with Crippen molar-refractivity contribution in [1.82, 2.24) is 30.6 Å². The van der Waals surface area contributed by atoms with Crippen molar-refractivity contribution >= 4 is 94.8 Å². The highest BCUT2D eigenvalue weighted by Gasteiger charge is 2.26. The Labute approximate surface area is 494 Å². The Morgan fingerprint density at radius 3 is 1.54 bits per heavy atom. The Morgan fingerprint density at radius 1 is 0.641 bits per heavy atom. The van der Waals surface area contributed by atoms with Crippen LogP contribution in [0, 0.1) is 13.8 Å². The van der Waals surface area contributed by atoms with E-state index in [0.717, 1.165) is 0 Å². The average Bonchev–Trinajstić information content (AvgIpc) is 0.788. The molecule has 0 bridgehead atoms. The van der Waals surface area contributed by atoms with Crippen LogP contribution < -0.4 is 41.8 Å². The number of nitrogens with zero attached hydrogens (tertiary/aromatic N) is 4. The summed E-state index contributed by atoms with van der Waals surface area (Å²) < 4.78 is 160. The molecule has 2 aliphatic heterocycles. The molecule has 21 heteroatoms. The summed E-state index contributed by atoms with van der Waals surface area (Å²) in [4.78, 5) is 16.6. The number of nitrogens with two attached hydrogens (primary N) is 1. The van der Waals surface area contributed by atoms with Gasteiger partial charge in [-0.3, -0.25) is 0 Å². The molecule has 16 nitrogen and oxygen atoms in total. The number of nitrogens with one attached hydrogen (secondary N) is 5. The molecular weight excluding hydrogens is 1090 g/mol. The first-order valence-corrected chi connectivity index (χ1v) is 28.6. The van der Waals surface area contributed by atoms with E-state index in [2.05, 4.69) is 46.5 Å². The Kier molecular flexibility index (Phi) is 17.4. The molecule has 0 radical (unpaired) electrons. The highest BCUT2D eigenvalue weighted by Crippen LogP contribution is 2.39. The molecule has 424 valence electrons. The van der Waals surface area contributed by atoms with Gasteiger partial charge in [0.25, 0.3) is 0 Å². The smallest absolute Gasteiger partial charge is 0.229 e. The van der Waals surface area contributed by atoms with Crippen LogP contribution in [-0.4, -0.2) is 85.4 Å². The van der Waals surface area contributed by atoms with Crippen LogP contribution in [-0.2, 0) is 19.7 Å². The molecule has 0 spiro atoms. The maximum absolute atomic E-state index is 13.0. The van der Waals surface area contributed by atoms with E-state index in [1.54, 1.807) is 104 Å². The second kappa shape index (κ2) is 28.6. The summed E-state index contributed by atoms with van der Waals surface area (Å²) in [6.07, 6.45) is 0.132. The molecule has 0 amide bonds. The van der Waals surface area contributed by atoms with Crippen molar-refractivity contribution in [3.05, 3.63) is 123 Å². The highest BCUT2D eigenvalue weighted by atomic mass is 35.5. The molecule has 0 saturated carbocycles. The minimum atomic E-state index is -3.64. The van der Waals surface area contributed by atoms with Gasteiger partial charge in [-0.25, -0.2) is 26.8 Å². The van der Waals surface area contributed by atoms with Gasteiger partial charge in [0.2, 0.25) is 11.2 Å². The van der Waals surface area contributed by atoms with Crippen LogP contribution in [0.4, 0.5) is 40.3 Å². The third-order valence-electron chi connectivity index (χ3n) is 11.7. The Bertz CT molecular complexity index is 3780. The van der Waals surface area contributed by atoms with Crippen LogP contribution in [0.25, 0.3) is 0 Å². The van der Waals surface area contributed by atoms with E-state index in [1.165, 1.54) is 38.4 Å². The molecule has 2 aromatic heterocycles. The summed E-state index contributed by atoms with van der Waals surface area (Å²) >= 11 is 18.1. The van der Waals surface area contributed by atoms with Gasteiger partial charge in [0.05, 0.1) is 73.1 Å². The zero-order chi connectivity index (χ0) is 66.9. The number of aromatic nitrogens is 4. The predicted octanol–water partition coefficient (Wildman–Crippen LogP) is 13.5. The van der Waals surface area contributed by atoms with E-state index in [1.807, 2.05) is 0 Å². The van der Waals surface area contributed by atoms with Crippen LogP contribution in [0.5, 0.6) is 11.5 Å². The zero-order valence-corrected chi connectivity index (χ0v) is 48.2. The van der Waals surface area contributed by atoms with Gasteiger partial charge >= 0.3 is 0 Å². The first kappa shape index (κ1) is 47.3. The number of piperidine rings is 2. The molecule has 0 atom stereocenters. The normalized spacial score (nSPS) is 19.3. The maximum atomic E-state index is 13.0. The predicted molar refractivity (Wildman–Crippen MR) is 321 cm³/mol. The standard InChI is InChI=1S/C28H36ClN5O3S.C15H24N2O.C13H13Cl2N3O2S.CH4/c1-17(2)37-25-15-21(20-10-12-30-13-11-20)19(5)14-24(25)33-28-31-16-22(29)27(34-28)32-23-8-6-7-9-26(23)38(35,36)18(3)4;1-10(2)18-15-9-13(11(3)8-14(15)16)12-4-6-17-7-5-12;1-8(2)21(19,20)11-6-4-3-5-10(11)17-12-9(14)7-16-13(15)18-12;/h6-9,14-18,20,30H,10-13H2,1-5H3,(H2,31,32,33,34);8-10,12,17H,4-7,16H2,1-3H3;3-8H,1-2H3,(H,16,17,18);1H4/i12D2,13D2,14D,17D;6D2,7D2,8D,10D;;. The number of benzene rings is 4. The van der Waals surface area contributed by atoms with E-state index in [0.29, 0.717) is 27.9 Å². The molecule has 4 heterocycles. The van der Waals surface area contributed by atoms with E-state index < -0.39 is 80.2 Å². The summed E-state index contributed by atoms with van der Waals surface area (Å²) in [5.41, 5.74) is 9.12. The highest BCUT2D eigenvalue weighted by molar-refractivity contribution is 7.92. The van der Waals surface area contributed by atoms with Gasteiger partial charge in [0.1, 0.15) is 21.5 Å². The Morgan fingerprint density at radius 2 is 1.06 bits per heavy atom. The number of hydrogen-bond donors (Lipinski definition) is 6. The van der Waals surface area contributed by atoms with Crippen molar-refractivity contribution in [3.63, 3.8) is 0 Å². The quantitative estimate of drug-likeness (QED) is 0.0391. The van der Waals surface area contributed by atoms with E-state index in [9.17, 15) is 16.8 Å². The molecule has 2 saturated heterocycles. The Hall–Kier alpha value is -5.47. The van der Waals surface area contributed by atoms with Gasteiger partial charge in [-0.05, 0) is 215 Å². The van der Waals surface area contributed by atoms with Gasteiger partial charge in [-0.15, -0.1) is 0 Å². The van der Waals surface area contributed by atoms with Gasteiger partial charge in [-0.1, -0.05) is 54.9 Å². The van der Waals surface area contributed by atoms with Crippen molar-refractivity contribution in [1.29, 1.82) is 0 Å². The summed E-state index contributed by atoms with van der Waals surface area (Å²) in [5, 5.41) is 12.8. The van der Waals surface area contributed by atoms with Crippen molar-refractivity contribution in [2.75, 3.05) is 47.7 Å². The minimum absolute atomic E-state index is 0. The molecule has 2 fully saturated rings. The first-order chi connectivity index (χ1) is 40.7. The summed E-state index contributed by atoms with van der Waals surface area (Å²) in [6.45, 7) is 8.34. The fourth-order valence-corrected chi connectivity index (χ4v) is 10.5. The second-order valence-corrected chi connectivity index (χ2v) is 24.8. The topological polar surface area (TPSA) is 224 Å². The number of sulfone groups is 2. The molecule has 6 aromatic rings. The van der Waals surface area contributed by atoms with Crippen molar-refractivity contribution in [2.24, 2.45) is 0 Å². The number of hydrogen-bond acceptors (Lipinski definition) is 16. The number of para-hydroxylation sites is 2. The summed E-state index contributed by atoms with van der Waals surface area (Å²) in [7, 11) is -7.07. The molecular formula is C57H77Cl3N10O6S2. The van der Waals surface area contributed by atoms with Gasteiger partial charge in [0.15, 0.2) is 31.3 Å². The van der Waals surface area contributed by atoms with E-state index in [4.69, 9.17) is 66.5 Å². The number of rotatable bonds is 16. The monoisotopic (exact) mass is 1180 g/mol. The lowest BCUT2D eigenvalue weighted by atomic mass is 9.87. The summed E-state index contributed by atoms with van der Waals surface area (Å²) in [5.74, 6) is -0.306. The van der Waals surface area contributed by atoms with Gasteiger partial charge in [-0.2, -0.15) is 9.97 Å². The molecule has 4 aromatic carbocycles. The third kappa shape index (κ3) is 16.8. The lowest BCUT2D eigenvalue weighted by Gasteiger charge is -2.26. The number of ether oxygens (including phenoxy) is 2. The summed E-state index contributed by atoms with van der Waals surface area (Å²) in [6, 6.07) is 16.2. The van der Waals surface area contributed by atoms with Crippen LogP contribution in [0.2, 0.25) is 15.3 Å². The molecule has 0 unspecified atom stereocenters. The number of anilines is 7. The average molecular weight is 1180 g/mol. The molecule has 78 heavy (non-hydrogen) atoms. The maximum Gasteiger partial charge on any atom is 0.229 e. The second-order valence-electron chi connectivity index (χ2n) is 18.7.